The summed E-state index contributed by atoms with van der Waals surface area (Å²) >= 11 is 0. The van der Waals surface area contributed by atoms with E-state index in [1.807, 2.05) is 30.3 Å². The largest absolute Gasteiger partial charge is 0.469 e. The van der Waals surface area contributed by atoms with Crippen molar-refractivity contribution < 1.29 is 9.53 Å². The quantitative estimate of drug-likeness (QED) is 0.156. The summed E-state index contributed by atoms with van der Waals surface area (Å²) in [6.45, 7) is 2.24. The van der Waals surface area contributed by atoms with E-state index in [9.17, 15) is 4.79 Å². The van der Waals surface area contributed by atoms with Gasteiger partial charge in [-0.25, -0.2) is 0 Å². The maximum absolute atomic E-state index is 12.6. The highest BCUT2D eigenvalue weighted by Gasteiger charge is 2.23. The molecule has 34 heavy (non-hydrogen) atoms. The third-order valence-electron chi connectivity index (χ3n) is 6.11. The molecule has 0 spiro atoms. The van der Waals surface area contributed by atoms with Crippen LogP contribution in [0.4, 0.5) is 0 Å². The fraction of sp³-hybridized carbons (Fsp3) is 0.281. The third-order valence-corrected chi connectivity index (χ3v) is 6.11. The van der Waals surface area contributed by atoms with Crippen LogP contribution in [0.1, 0.15) is 68.1 Å². The zero-order valence-electron chi connectivity index (χ0n) is 20.5. The van der Waals surface area contributed by atoms with Crippen molar-refractivity contribution in [2.24, 2.45) is 0 Å². The molecule has 0 aliphatic carbocycles. The van der Waals surface area contributed by atoms with Crippen molar-refractivity contribution in [1.29, 1.82) is 0 Å². The standard InChI is InChI=1S/C32H36O2/c1-3-4-5-13-22-29(23-26-16-9-6-10-17-26)30(24-27-18-11-7-12-19-27)31(25-32(33)34-2)28-20-14-8-15-21-28/h6-12,14-21,23-24,31H,3-5,13,22,25H2,1-2H3/b29-23-,30-24-. The molecule has 176 valence electrons. The Morgan fingerprint density at radius 1 is 0.765 bits per heavy atom. The molecular weight excluding hydrogens is 416 g/mol. The first-order valence-corrected chi connectivity index (χ1v) is 12.4. The Hall–Kier alpha value is -3.39. The first kappa shape index (κ1) is 25.2. The molecule has 0 aromatic heterocycles. The van der Waals surface area contributed by atoms with E-state index in [1.165, 1.54) is 43.1 Å². The minimum absolute atomic E-state index is 0.0880. The van der Waals surface area contributed by atoms with Gasteiger partial charge >= 0.3 is 5.97 Å². The van der Waals surface area contributed by atoms with Gasteiger partial charge < -0.3 is 4.74 Å². The maximum atomic E-state index is 12.6. The van der Waals surface area contributed by atoms with E-state index >= 15 is 0 Å². The molecule has 2 heteroatoms. The predicted molar refractivity (Wildman–Crippen MR) is 143 cm³/mol. The average molecular weight is 453 g/mol. The fourth-order valence-electron chi connectivity index (χ4n) is 4.28. The number of esters is 1. The number of methoxy groups -OCH3 is 1. The minimum atomic E-state index is -0.196. The molecule has 1 atom stereocenters. The summed E-state index contributed by atoms with van der Waals surface area (Å²) in [6, 6.07) is 31.2. The number of benzene rings is 3. The third kappa shape index (κ3) is 7.88. The Bertz CT molecular complexity index is 1050. The van der Waals surface area contributed by atoms with E-state index in [0.29, 0.717) is 6.42 Å². The van der Waals surface area contributed by atoms with E-state index in [-0.39, 0.29) is 11.9 Å². The number of allylic oxidation sites excluding steroid dienone is 2. The SMILES string of the molecule is CCCCCCC(=C/c1ccccc1)/C(=C/c1ccccc1)C(CC(=O)OC)c1ccccc1. The van der Waals surface area contributed by atoms with E-state index in [1.54, 1.807) is 0 Å². The van der Waals surface area contributed by atoms with Crippen LogP contribution in [0.2, 0.25) is 0 Å². The van der Waals surface area contributed by atoms with Crippen LogP contribution < -0.4 is 0 Å². The second-order valence-electron chi connectivity index (χ2n) is 8.64. The number of carbonyl (C=O) groups is 1. The lowest BCUT2D eigenvalue weighted by Gasteiger charge is -2.24. The van der Waals surface area contributed by atoms with Gasteiger partial charge in [0.1, 0.15) is 0 Å². The molecule has 3 aromatic rings. The number of rotatable bonds is 12. The molecule has 0 bridgehead atoms. The summed E-state index contributed by atoms with van der Waals surface area (Å²) in [5.74, 6) is -0.284. The van der Waals surface area contributed by atoms with Gasteiger partial charge in [0.05, 0.1) is 13.5 Å². The Morgan fingerprint density at radius 3 is 1.88 bits per heavy atom. The molecular formula is C32H36O2. The van der Waals surface area contributed by atoms with Crippen molar-refractivity contribution in [2.75, 3.05) is 7.11 Å². The fourth-order valence-corrected chi connectivity index (χ4v) is 4.28. The summed E-state index contributed by atoms with van der Waals surface area (Å²) in [7, 11) is 1.47. The van der Waals surface area contributed by atoms with Crippen molar-refractivity contribution in [3.8, 4) is 0 Å². The second-order valence-corrected chi connectivity index (χ2v) is 8.64. The molecule has 3 aromatic carbocycles. The van der Waals surface area contributed by atoms with Gasteiger partial charge in [-0.3, -0.25) is 4.79 Å². The van der Waals surface area contributed by atoms with Crippen LogP contribution in [0.25, 0.3) is 12.2 Å². The molecule has 3 rings (SSSR count). The zero-order valence-corrected chi connectivity index (χ0v) is 20.5. The van der Waals surface area contributed by atoms with Gasteiger partial charge in [0.25, 0.3) is 0 Å². The summed E-state index contributed by atoms with van der Waals surface area (Å²) in [5.41, 5.74) is 5.90. The van der Waals surface area contributed by atoms with Gasteiger partial charge in [-0.05, 0) is 40.7 Å². The summed E-state index contributed by atoms with van der Waals surface area (Å²) < 4.78 is 5.13. The van der Waals surface area contributed by atoms with Crippen molar-refractivity contribution in [1.82, 2.24) is 0 Å². The monoisotopic (exact) mass is 452 g/mol. The lowest BCUT2D eigenvalue weighted by Crippen LogP contribution is -2.13. The van der Waals surface area contributed by atoms with Crippen molar-refractivity contribution in [3.63, 3.8) is 0 Å². The lowest BCUT2D eigenvalue weighted by molar-refractivity contribution is -0.140. The van der Waals surface area contributed by atoms with Crippen LogP contribution in [0.15, 0.2) is 102 Å². The highest BCUT2D eigenvalue weighted by Crippen LogP contribution is 2.37. The first-order chi connectivity index (χ1) is 16.7. The van der Waals surface area contributed by atoms with Gasteiger partial charge in [-0.2, -0.15) is 0 Å². The molecule has 0 radical (unpaired) electrons. The van der Waals surface area contributed by atoms with Gasteiger partial charge in [-0.15, -0.1) is 0 Å². The van der Waals surface area contributed by atoms with Gasteiger partial charge in [0.2, 0.25) is 0 Å². The molecule has 1 unspecified atom stereocenters. The highest BCUT2D eigenvalue weighted by atomic mass is 16.5. The molecule has 0 saturated heterocycles. The topological polar surface area (TPSA) is 26.3 Å². The van der Waals surface area contributed by atoms with Crippen molar-refractivity contribution in [2.45, 2.75) is 51.4 Å². The Morgan fingerprint density at radius 2 is 1.32 bits per heavy atom. The van der Waals surface area contributed by atoms with E-state index in [0.717, 1.165) is 24.0 Å². The van der Waals surface area contributed by atoms with Crippen LogP contribution in [0, 0.1) is 0 Å². The number of hydrogen-bond donors (Lipinski definition) is 0. The maximum Gasteiger partial charge on any atom is 0.306 e. The Labute approximate surface area is 205 Å². The molecule has 0 fully saturated rings. The number of hydrogen-bond acceptors (Lipinski definition) is 2. The van der Waals surface area contributed by atoms with Gasteiger partial charge in [0, 0.05) is 5.92 Å². The highest BCUT2D eigenvalue weighted by molar-refractivity contribution is 5.75. The van der Waals surface area contributed by atoms with Crippen LogP contribution in [-0.2, 0) is 9.53 Å². The zero-order chi connectivity index (χ0) is 24.0. The van der Waals surface area contributed by atoms with E-state index in [4.69, 9.17) is 4.74 Å². The summed E-state index contributed by atoms with van der Waals surface area (Å²) in [6.07, 6.45) is 10.6. The van der Waals surface area contributed by atoms with E-state index in [2.05, 4.69) is 79.7 Å². The number of unbranched alkanes of at least 4 members (excludes halogenated alkanes) is 3. The minimum Gasteiger partial charge on any atom is -0.469 e. The van der Waals surface area contributed by atoms with E-state index < -0.39 is 0 Å². The van der Waals surface area contributed by atoms with Crippen LogP contribution in [0.3, 0.4) is 0 Å². The molecule has 2 nitrogen and oxygen atoms in total. The summed E-state index contributed by atoms with van der Waals surface area (Å²) in [4.78, 5) is 12.6. The molecule has 0 aliphatic rings. The molecule has 0 aliphatic heterocycles. The van der Waals surface area contributed by atoms with Crippen LogP contribution in [0.5, 0.6) is 0 Å². The Balaban J connectivity index is 2.14. The first-order valence-electron chi connectivity index (χ1n) is 12.4. The van der Waals surface area contributed by atoms with Gasteiger partial charge in [-0.1, -0.05) is 129 Å². The lowest BCUT2D eigenvalue weighted by atomic mass is 9.81. The molecule has 0 amide bonds. The second kappa shape index (κ2) is 14.0. The predicted octanol–water partition coefficient (Wildman–Crippen LogP) is 8.47. The normalized spacial score (nSPS) is 12.9. The smallest absolute Gasteiger partial charge is 0.306 e. The summed E-state index contributed by atoms with van der Waals surface area (Å²) in [5, 5.41) is 0. The van der Waals surface area contributed by atoms with Crippen LogP contribution in [-0.4, -0.2) is 13.1 Å². The average Bonchev–Trinajstić information content (AvgIpc) is 2.89. The Kier molecular flexibility index (Phi) is 10.4. The van der Waals surface area contributed by atoms with Crippen molar-refractivity contribution >= 4 is 18.1 Å². The molecule has 0 saturated carbocycles. The number of carbonyl (C=O) groups excluding carboxylic acids is 1. The van der Waals surface area contributed by atoms with Gasteiger partial charge in [0.15, 0.2) is 0 Å². The van der Waals surface area contributed by atoms with Crippen LogP contribution >= 0.6 is 0 Å². The van der Waals surface area contributed by atoms with Crippen molar-refractivity contribution in [3.05, 3.63) is 119 Å². The molecule has 0 N–H and O–H groups in total. The number of ether oxygens (including phenoxy) is 1. The molecule has 0 heterocycles.